The van der Waals surface area contributed by atoms with Gasteiger partial charge < -0.3 is 4.74 Å². The third kappa shape index (κ3) is 4.58. The Balaban J connectivity index is 1.65. The van der Waals surface area contributed by atoms with Gasteiger partial charge in [-0.15, -0.1) is 0 Å². The predicted octanol–water partition coefficient (Wildman–Crippen LogP) is 7.17. The highest BCUT2D eigenvalue weighted by atomic mass is 19.2. The molecule has 0 aliphatic heterocycles. The molecule has 0 saturated carbocycles. The molecule has 164 valence electrons. The number of fused-ring (bicyclic) bond motifs is 1. The average molecular weight is 450 g/mol. The summed E-state index contributed by atoms with van der Waals surface area (Å²) < 4.78 is 76.1. The van der Waals surface area contributed by atoms with Crippen LogP contribution in [-0.4, -0.2) is 6.61 Å². The molecule has 0 fully saturated rings. The molecule has 0 radical (unpaired) electrons. The molecule has 0 aromatic heterocycles. The maximum absolute atomic E-state index is 14.6. The van der Waals surface area contributed by atoms with Crippen molar-refractivity contribution in [1.82, 2.24) is 0 Å². The summed E-state index contributed by atoms with van der Waals surface area (Å²) in [6.45, 7) is 3.70. The molecule has 1 nitrogen and oxygen atoms in total. The molecule has 0 atom stereocenters. The monoisotopic (exact) mass is 450 g/mol. The van der Waals surface area contributed by atoms with Crippen molar-refractivity contribution < 1.29 is 26.7 Å². The van der Waals surface area contributed by atoms with Crippen molar-refractivity contribution in [2.24, 2.45) is 0 Å². The van der Waals surface area contributed by atoms with E-state index in [2.05, 4.69) is 18.4 Å². The van der Waals surface area contributed by atoms with Gasteiger partial charge in [-0.05, 0) is 53.4 Å². The van der Waals surface area contributed by atoms with Crippen LogP contribution in [0, 0.1) is 40.9 Å². The fourth-order valence-corrected chi connectivity index (χ4v) is 3.30. The van der Waals surface area contributed by atoms with Crippen molar-refractivity contribution in [3.63, 3.8) is 0 Å². The third-order valence-electron chi connectivity index (χ3n) is 4.90. The maximum Gasteiger partial charge on any atom is 0.166 e. The van der Waals surface area contributed by atoms with E-state index >= 15 is 0 Å². The zero-order valence-corrected chi connectivity index (χ0v) is 17.1. The smallest absolute Gasteiger partial charge is 0.166 e. The van der Waals surface area contributed by atoms with Crippen LogP contribution in [0.1, 0.15) is 11.1 Å². The summed E-state index contributed by atoms with van der Waals surface area (Å²) in [5.41, 5.74) is -0.124. The Bertz CT molecular complexity index is 1420. The summed E-state index contributed by atoms with van der Waals surface area (Å²) in [5, 5.41) is 0.471. The molecule has 0 saturated heterocycles. The van der Waals surface area contributed by atoms with E-state index in [-0.39, 0.29) is 28.9 Å². The van der Waals surface area contributed by atoms with Gasteiger partial charge in [0.15, 0.2) is 11.6 Å². The predicted molar refractivity (Wildman–Crippen MR) is 117 cm³/mol. The van der Waals surface area contributed by atoms with E-state index in [9.17, 15) is 22.0 Å². The van der Waals surface area contributed by atoms with Gasteiger partial charge in [0, 0.05) is 22.6 Å². The van der Waals surface area contributed by atoms with Crippen molar-refractivity contribution in [2.45, 2.75) is 0 Å². The molecule has 0 N–H and O–H groups in total. The van der Waals surface area contributed by atoms with Gasteiger partial charge in [-0.2, -0.15) is 0 Å². The molecule has 0 unspecified atom stereocenters. The van der Waals surface area contributed by atoms with Gasteiger partial charge in [-0.25, -0.2) is 22.0 Å². The van der Waals surface area contributed by atoms with Gasteiger partial charge in [-0.1, -0.05) is 36.6 Å². The lowest BCUT2D eigenvalue weighted by Crippen LogP contribution is -1.96. The Morgan fingerprint density at radius 2 is 1.52 bits per heavy atom. The third-order valence-corrected chi connectivity index (χ3v) is 4.90. The Kier molecular flexibility index (Phi) is 6.14. The molecule has 4 aromatic rings. The van der Waals surface area contributed by atoms with Crippen LogP contribution in [0.2, 0.25) is 0 Å². The molecular formula is C27H15F5O. The number of halogens is 5. The Hall–Kier alpha value is -4.11. The lowest BCUT2D eigenvalue weighted by atomic mass is 10.0. The summed E-state index contributed by atoms with van der Waals surface area (Å²) in [4.78, 5) is 0. The molecular weight excluding hydrogens is 435 g/mol. The topological polar surface area (TPSA) is 9.23 Å². The van der Waals surface area contributed by atoms with Crippen LogP contribution in [0.25, 0.3) is 21.9 Å². The van der Waals surface area contributed by atoms with Gasteiger partial charge in [-0.3, -0.25) is 0 Å². The average Bonchev–Trinajstić information content (AvgIpc) is 2.79. The quantitative estimate of drug-likeness (QED) is 0.182. The van der Waals surface area contributed by atoms with Crippen LogP contribution in [0.5, 0.6) is 5.75 Å². The van der Waals surface area contributed by atoms with E-state index in [0.717, 1.165) is 24.3 Å². The summed E-state index contributed by atoms with van der Waals surface area (Å²) in [6, 6.07) is 12.6. The maximum atomic E-state index is 14.6. The Labute approximate surface area is 186 Å². The van der Waals surface area contributed by atoms with Gasteiger partial charge in [0.1, 0.15) is 29.8 Å². The molecule has 4 rings (SSSR count). The Morgan fingerprint density at radius 3 is 2.21 bits per heavy atom. The fraction of sp³-hybridized carbons (Fsp3) is 0.0370. The summed E-state index contributed by atoms with van der Waals surface area (Å²) >= 11 is 0. The van der Waals surface area contributed by atoms with Crippen LogP contribution in [0.15, 0.2) is 73.3 Å². The molecule has 0 amide bonds. The number of benzene rings is 4. The first kappa shape index (κ1) is 22.1. The summed E-state index contributed by atoms with van der Waals surface area (Å²) in [6.07, 6.45) is 1.51. The van der Waals surface area contributed by atoms with Crippen molar-refractivity contribution in [3.8, 4) is 28.7 Å². The lowest BCUT2D eigenvalue weighted by Gasteiger charge is -2.09. The van der Waals surface area contributed by atoms with Gasteiger partial charge in [0.05, 0.1) is 5.56 Å². The number of rotatable bonds is 4. The summed E-state index contributed by atoms with van der Waals surface area (Å²) in [5.74, 6) is 0.735. The molecule has 33 heavy (non-hydrogen) atoms. The van der Waals surface area contributed by atoms with E-state index in [0.29, 0.717) is 10.9 Å². The fourth-order valence-electron chi connectivity index (χ4n) is 3.30. The Morgan fingerprint density at radius 1 is 0.758 bits per heavy atom. The standard InChI is InChI=1S/C27H15F5O/c1-2-11-33-19-6-9-20(26(31)15-19)18-13-24(29)22(25(30)14-18)8-4-16-3-7-21-17(12-16)5-10-23(28)27(21)32/h2-3,5-7,9-10,12-15H,1,11H2. The van der Waals surface area contributed by atoms with Crippen LogP contribution in [-0.2, 0) is 0 Å². The minimum Gasteiger partial charge on any atom is -0.489 e. The van der Waals surface area contributed by atoms with E-state index < -0.39 is 34.6 Å². The lowest BCUT2D eigenvalue weighted by molar-refractivity contribution is 0.361. The largest absolute Gasteiger partial charge is 0.489 e. The van der Waals surface area contributed by atoms with Gasteiger partial charge in [0.2, 0.25) is 0 Å². The highest BCUT2D eigenvalue weighted by Gasteiger charge is 2.14. The molecule has 0 heterocycles. The van der Waals surface area contributed by atoms with Crippen molar-refractivity contribution in [2.75, 3.05) is 6.61 Å². The van der Waals surface area contributed by atoms with Gasteiger partial charge in [0.25, 0.3) is 0 Å². The number of ether oxygens (including phenoxy) is 1. The summed E-state index contributed by atoms with van der Waals surface area (Å²) in [7, 11) is 0. The van der Waals surface area contributed by atoms with E-state index in [1.165, 1.54) is 42.5 Å². The van der Waals surface area contributed by atoms with Crippen LogP contribution in [0.4, 0.5) is 22.0 Å². The van der Waals surface area contributed by atoms with Crippen LogP contribution in [0.3, 0.4) is 0 Å². The van der Waals surface area contributed by atoms with E-state index in [1.54, 1.807) is 0 Å². The van der Waals surface area contributed by atoms with E-state index in [1.807, 2.05) is 0 Å². The second kappa shape index (κ2) is 9.17. The first-order chi connectivity index (χ1) is 15.9. The second-order valence-electron chi connectivity index (χ2n) is 7.10. The molecule has 0 aliphatic rings. The first-order valence-corrected chi connectivity index (χ1v) is 9.80. The van der Waals surface area contributed by atoms with Crippen molar-refractivity contribution in [1.29, 1.82) is 0 Å². The molecule has 6 heteroatoms. The number of hydrogen-bond donors (Lipinski definition) is 0. The minimum absolute atomic E-state index is 0.00190. The van der Waals surface area contributed by atoms with E-state index in [4.69, 9.17) is 4.74 Å². The molecule has 4 aromatic carbocycles. The van der Waals surface area contributed by atoms with Crippen LogP contribution < -0.4 is 4.74 Å². The number of hydrogen-bond acceptors (Lipinski definition) is 1. The van der Waals surface area contributed by atoms with Crippen molar-refractivity contribution in [3.05, 3.63) is 114 Å². The minimum atomic E-state index is -0.979. The zero-order valence-electron chi connectivity index (χ0n) is 17.1. The highest BCUT2D eigenvalue weighted by Crippen LogP contribution is 2.29. The van der Waals surface area contributed by atoms with Gasteiger partial charge >= 0.3 is 0 Å². The second-order valence-corrected chi connectivity index (χ2v) is 7.10. The normalized spacial score (nSPS) is 10.6. The first-order valence-electron chi connectivity index (χ1n) is 9.80. The molecule has 0 aliphatic carbocycles. The highest BCUT2D eigenvalue weighted by molar-refractivity contribution is 5.84. The SMILES string of the molecule is C=CCOc1ccc(-c2cc(F)c(C#Cc3ccc4c(F)c(F)ccc4c3)c(F)c2)c(F)c1. The molecule has 0 bridgehead atoms. The molecule has 0 spiro atoms. The van der Waals surface area contributed by atoms with Crippen molar-refractivity contribution >= 4 is 10.8 Å². The van der Waals surface area contributed by atoms with Crippen LogP contribution >= 0.6 is 0 Å². The zero-order chi connectivity index (χ0) is 23.5.